The van der Waals surface area contributed by atoms with Crippen molar-refractivity contribution in [1.82, 2.24) is 5.32 Å². The monoisotopic (exact) mass is 341 g/mol. The topological polar surface area (TPSA) is 84.3 Å². The molecular formula is C17H15N3O3S. The molecule has 2 aromatic rings. The van der Waals surface area contributed by atoms with E-state index in [1.807, 2.05) is 30.3 Å². The first-order valence-electron chi connectivity index (χ1n) is 7.06. The first kappa shape index (κ1) is 17.3. The summed E-state index contributed by atoms with van der Waals surface area (Å²) < 4.78 is 0. The molecule has 2 aromatic carbocycles. The Morgan fingerprint density at radius 2 is 1.92 bits per heavy atom. The predicted molar refractivity (Wildman–Crippen MR) is 97.7 cm³/mol. The van der Waals surface area contributed by atoms with Crippen LogP contribution in [-0.4, -0.2) is 15.9 Å². The van der Waals surface area contributed by atoms with Crippen LogP contribution in [0.3, 0.4) is 0 Å². The number of carbonyl (C=O) groups is 1. The van der Waals surface area contributed by atoms with Gasteiger partial charge in [0.05, 0.1) is 4.92 Å². The molecule has 24 heavy (non-hydrogen) atoms. The van der Waals surface area contributed by atoms with Crippen molar-refractivity contribution in [2.24, 2.45) is 0 Å². The molecule has 0 spiro atoms. The van der Waals surface area contributed by atoms with Crippen LogP contribution in [0.4, 0.5) is 11.4 Å². The minimum Gasteiger partial charge on any atom is -0.332 e. The average molecular weight is 341 g/mol. The van der Waals surface area contributed by atoms with Gasteiger partial charge in [0.25, 0.3) is 5.69 Å². The summed E-state index contributed by atoms with van der Waals surface area (Å²) in [6.45, 7) is 1.72. The highest BCUT2D eigenvalue weighted by molar-refractivity contribution is 7.80. The minimum absolute atomic E-state index is 0.00111. The molecule has 6 nitrogen and oxygen atoms in total. The number of nitrogens with zero attached hydrogens (tertiary/aromatic N) is 1. The lowest BCUT2D eigenvalue weighted by Crippen LogP contribution is -2.33. The molecule has 7 heteroatoms. The van der Waals surface area contributed by atoms with Crippen molar-refractivity contribution in [1.29, 1.82) is 0 Å². The Bertz CT molecular complexity index is 804. The molecule has 122 valence electrons. The summed E-state index contributed by atoms with van der Waals surface area (Å²) in [5.74, 6) is -0.365. The van der Waals surface area contributed by atoms with Gasteiger partial charge in [0.2, 0.25) is 5.91 Å². The van der Waals surface area contributed by atoms with Crippen LogP contribution in [-0.2, 0) is 4.79 Å². The Hall–Kier alpha value is -3.06. The zero-order valence-corrected chi connectivity index (χ0v) is 13.7. The Morgan fingerprint density at radius 1 is 1.21 bits per heavy atom. The number of nitro groups is 1. The number of rotatable bonds is 4. The molecule has 0 aliphatic heterocycles. The maximum absolute atomic E-state index is 11.8. The lowest BCUT2D eigenvalue weighted by atomic mass is 10.2. The van der Waals surface area contributed by atoms with Crippen molar-refractivity contribution >= 4 is 40.7 Å². The van der Waals surface area contributed by atoms with E-state index in [9.17, 15) is 14.9 Å². The Balaban J connectivity index is 1.94. The molecule has 0 bridgehead atoms. The van der Waals surface area contributed by atoms with Crippen molar-refractivity contribution in [2.75, 3.05) is 5.32 Å². The number of hydrogen-bond donors (Lipinski definition) is 2. The number of nitrogens with one attached hydrogen (secondary N) is 2. The van der Waals surface area contributed by atoms with Gasteiger partial charge in [-0.2, -0.15) is 0 Å². The van der Waals surface area contributed by atoms with Gasteiger partial charge in [-0.25, -0.2) is 0 Å². The van der Waals surface area contributed by atoms with E-state index in [1.165, 1.54) is 18.2 Å². The molecule has 2 N–H and O–H groups in total. The highest BCUT2D eigenvalue weighted by atomic mass is 32.1. The molecule has 0 aromatic heterocycles. The van der Waals surface area contributed by atoms with E-state index in [0.29, 0.717) is 11.3 Å². The molecule has 0 aliphatic carbocycles. The second-order valence-corrected chi connectivity index (χ2v) is 5.35. The number of carbonyl (C=O) groups excluding carboxylic acids is 1. The average Bonchev–Trinajstić information content (AvgIpc) is 2.55. The SMILES string of the molecule is Cc1cc([N+](=O)[O-])ccc1NC(=S)NC(=O)/C=C/c1ccccc1. The molecule has 1 amide bonds. The van der Waals surface area contributed by atoms with E-state index in [0.717, 1.165) is 5.56 Å². The van der Waals surface area contributed by atoms with Gasteiger partial charge >= 0.3 is 0 Å². The normalized spacial score (nSPS) is 10.4. The maximum atomic E-state index is 11.8. The van der Waals surface area contributed by atoms with E-state index in [-0.39, 0.29) is 16.7 Å². The predicted octanol–water partition coefficient (Wildman–Crippen LogP) is 3.43. The van der Waals surface area contributed by atoms with E-state index in [2.05, 4.69) is 10.6 Å². The fourth-order valence-corrected chi connectivity index (χ4v) is 2.16. The summed E-state index contributed by atoms with van der Waals surface area (Å²) >= 11 is 5.08. The lowest BCUT2D eigenvalue weighted by molar-refractivity contribution is -0.384. The van der Waals surface area contributed by atoms with Gasteiger partial charge in [0.1, 0.15) is 0 Å². The van der Waals surface area contributed by atoms with Crippen molar-refractivity contribution in [3.05, 3.63) is 75.8 Å². The summed E-state index contributed by atoms with van der Waals surface area (Å²) in [5, 5.41) is 16.2. The Kier molecular flexibility index (Phi) is 5.75. The van der Waals surface area contributed by atoms with Gasteiger partial charge < -0.3 is 5.32 Å². The van der Waals surface area contributed by atoms with Gasteiger partial charge in [-0.05, 0) is 42.4 Å². The van der Waals surface area contributed by atoms with Crippen LogP contribution in [0.1, 0.15) is 11.1 Å². The minimum atomic E-state index is -0.467. The largest absolute Gasteiger partial charge is 0.332 e. The number of thiocarbonyl (C=S) groups is 1. The van der Waals surface area contributed by atoms with Crippen LogP contribution >= 0.6 is 12.2 Å². The smallest absolute Gasteiger partial charge is 0.269 e. The van der Waals surface area contributed by atoms with E-state index in [4.69, 9.17) is 12.2 Å². The number of amides is 1. The van der Waals surface area contributed by atoms with Crippen LogP contribution in [0, 0.1) is 17.0 Å². The first-order valence-corrected chi connectivity index (χ1v) is 7.46. The maximum Gasteiger partial charge on any atom is 0.269 e. The van der Waals surface area contributed by atoms with Crippen molar-refractivity contribution in [2.45, 2.75) is 6.92 Å². The summed E-state index contributed by atoms with van der Waals surface area (Å²) in [4.78, 5) is 22.1. The van der Waals surface area contributed by atoms with Crippen molar-refractivity contribution in [3.8, 4) is 0 Å². The number of hydrogen-bond acceptors (Lipinski definition) is 4. The summed E-state index contributed by atoms with van der Waals surface area (Å²) in [7, 11) is 0. The Morgan fingerprint density at radius 3 is 2.54 bits per heavy atom. The van der Waals surface area contributed by atoms with Crippen molar-refractivity contribution < 1.29 is 9.72 Å². The fraction of sp³-hybridized carbons (Fsp3) is 0.0588. The van der Waals surface area contributed by atoms with Gasteiger partial charge in [0, 0.05) is 23.9 Å². The van der Waals surface area contributed by atoms with Crippen LogP contribution in [0.2, 0.25) is 0 Å². The standard InChI is InChI=1S/C17H15N3O3S/c1-12-11-14(20(22)23)8-9-15(12)18-17(24)19-16(21)10-7-13-5-3-2-4-6-13/h2-11H,1H3,(H2,18,19,21,24)/b10-7+. The molecule has 0 heterocycles. The number of non-ortho nitro benzene ring substituents is 1. The third-order valence-corrected chi connectivity index (χ3v) is 3.34. The molecule has 0 aliphatic rings. The van der Waals surface area contributed by atoms with Gasteiger partial charge in [-0.3, -0.25) is 20.2 Å². The molecule has 2 rings (SSSR count). The van der Waals surface area contributed by atoms with Gasteiger partial charge in [-0.1, -0.05) is 30.3 Å². The number of nitro benzene ring substituents is 1. The summed E-state index contributed by atoms with van der Waals surface area (Å²) in [5.41, 5.74) is 2.15. The third-order valence-electron chi connectivity index (χ3n) is 3.13. The molecular weight excluding hydrogens is 326 g/mol. The zero-order valence-electron chi connectivity index (χ0n) is 12.9. The second-order valence-electron chi connectivity index (χ2n) is 4.94. The summed E-state index contributed by atoms with van der Waals surface area (Å²) in [6, 6.07) is 13.7. The van der Waals surface area contributed by atoms with E-state index >= 15 is 0 Å². The van der Waals surface area contributed by atoms with Gasteiger partial charge in [-0.15, -0.1) is 0 Å². The summed E-state index contributed by atoms with van der Waals surface area (Å²) in [6.07, 6.45) is 3.06. The highest BCUT2D eigenvalue weighted by Crippen LogP contribution is 2.20. The van der Waals surface area contributed by atoms with E-state index < -0.39 is 4.92 Å². The number of benzene rings is 2. The van der Waals surface area contributed by atoms with Crippen LogP contribution in [0.5, 0.6) is 0 Å². The zero-order chi connectivity index (χ0) is 17.5. The number of aryl methyl sites for hydroxylation is 1. The first-order chi connectivity index (χ1) is 11.5. The highest BCUT2D eigenvalue weighted by Gasteiger charge is 2.09. The molecule has 0 atom stereocenters. The number of anilines is 1. The molecule has 0 saturated carbocycles. The molecule has 0 unspecified atom stereocenters. The molecule has 0 radical (unpaired) electrons. The van der Waals surface area contributed by atoms with E-state index in [1.54, 1.807) is 19.1 Å². The lowest BCUT2D eigenvalue weighted by Gasteiger charge is -2.10. The van der Waals surface area contributed by atoms with Crippen LogP contribution in [0.15, 0.2) is 54.6 Å². The van der Waals surface area contributed by atoms with Crippen LogP contribution < -0.4 is 10.6 Å². The van der Waals surface area contributed by atoms with Crippen molar-refractivity contribution in [3.63, 3.8) is 0 Å². The Labute approximate surface area is 144 Å². The second kappa shape index (κ2) is 7.98. The van der Waals surface area contributed by atoms with Crippen LogP contribution in [0.25, 0.3) is 6.08 Å². The third kappa shape index (κ3) is 4.99. The molecule has 0 saturated heterocycles. The van der Waals surface area contributed by atoms with Gasteiger partial charge in [0.15, 0.2) is 5.11 Å². The fourth-order valence-electron chi connectivity index (χ4n) is 1.94. The molecule has 0 fully saturated rings. The quantitative estimate of drug-likeness (QED) is 0.385.